The molecule has 2 fully saturated rings. The van der Waals surface area contributed by atoms with Gasteiger partial charge in [0.1, 0.15) is 0 Å². The Kier molecular flexibility index (Phi) is 6.69. The smallest absolute Gasteiger partial charge is 0.309 e. The average molecular weight is 410 g/mol. The largest absolute Gasteiger partial charge is 0.466 e. The van der Waals surface area contributed by atoms with Crippen LogP contribution in [0.4, 0.5) is 0 Å². The maximum Gasteiger partial charge on any atom is 0.309 e. The Morgan fingerprint density at radius 3 is 2.25 bits per heavy atom. The Hall–Kier alpha value is -1.97. The van der Waals surface area contributed by atoms with E-state index >= 15 is 0 Å². The first-order chi connectivity index (χ1) is 13.4. The van der Waals surface area contributed by atoms with Crippen LogP contribution >= 0.6 is 0 Å². The first kappa shape index (κ1) is 20.8. The van der Waals surface area contributed by atoms with Crippen LogP contribution in [-0.4, -0.2) is 75.5 Å². The lowest BCUT2D eigenvalue weighted by Gasteiger charge is -2.31. The van der Waals surface area contributed by atoms with Crippen molar-refractivity contribution >= 4 is 21.9 Å². The Bertz CT molecular complexity index is 794. The zero-order valence-corrected chi connectivity index (χ0v) is 16.8. The summed E-state index contributed by atoms with van der Waals surface area (Å²) < 4.78 is 37.0. The Morgan fingerprint density at radius 1 is 1.07 bits per heavy atom. The number of morpholine rings is 1. The van der Waals surface area contributed by atoms with Crippen molar-refractivity contribution in [3.05, 3.63) is 29.8 Å². The number of carbonyl (C=O) groups is 2. The van der Waals surface area contributed by atoms with Crippen LogP contribution in [0.1, 0.15) is 30.1 Å². The predicted octanol–water partition coefficient (Wildman–Crippen LogP) is 1.12. The SMILES string of the molecule is CCOC(=O)C1CCN(C(=O)c2ccc(S(=O)(=O)N3CCOCC3)cc2)CC1. The second kappa shape index (κ2) is 9.02. The van der Waals surface area contributed by atoms with Gasteiger partial charge in [0.2, 0.25) is 10.0 Å². The number of benzene rings is 1. The third kappa shape index (κ3) is 4.53. The topological polar surface area (TPSA) is 93.2 Å². The summed E-state index contributed by atoms with van der Waals surface area (Å²) in [4.78, 5) is 26.4. The molecular weight excluding hydrogens is 384 g/mol. The predicted molar refractivity (Wildman–Crippen MR) is 101 cm³/mol. The van der Waals surface area contributed by atoms with Crippen molar-refractivity contribution in [2.45, 2.75) is 24.7 Å². The van der Waals surface area contributed by atoms with Crippen LogP contribution in [-0.2, 0) is 24.3 Å². The van der Waals surface area contributed by atoms with E-state index in [0.717, 1.165) is 0 Å². The maximum atomic E-state index is 12.7. The third-order valence-electron chi connectivity index (χ3n) is 5.11. The van der Waals surface area contributed by atoms with Gasteiger partial charge in [-0.15, -0.1) is 0 Å². The summed E-state index contributed by atoms with van der Waals surface area (Å²) in [5.74, 6) is -0.519. The summed E-state index contributed by atoms with van der Waals surface area (Å²) in [5, 5.41) is 0. The van der Waals surface area contributed by atoms with Crippen LogP contribution in [0.5, 0.6) is 0 Å². The van der Waals surface area contributed by atoms with Gasteiger partial charge in [0.05, 0.1) is 30.6 Å². The maximum absolute atomic E-state index is 12.7. The van der Waals surface area contributed by atoms with E-state index in [1.54, 1.807) is 24.0 Å². The molecular formula is C19H26N2O6S. The van der Waals surface area contributed by atoms with Gasteiger partial charge in [-0.2, -0.15) is 4.31 Å². The molecule has 8 nitrogen and oxygen atoms in total. The van der Waals surface area contributed by atoms with Gasteiger partial charge in [-0.25, -0.2) is 8.42 Å². The normalized spacial score (nSPS) is 19.4. The van der Waals surface area contributed by atoms with Crippen LogP contribution in [0.25, 0.3) is 0 Å². The van der Waals surface area contributed by atoms with Crippen molar-refractivity contribution in [1.82, 2.24) is 9.21 Å². The van der Waals surface area contributed by atoms with E-state index in [2.05, 4.69) is 0 Å². The molecule has 0 atom stereocenters. The highest BCUT2D eigenvalue weighted by Crippen LogP contribution is 2.22. The molecule has 9 heteroatoms. The molecule has 0 aromatic heterocycles. The van der Waals surface area contributed by atoms with Crippen LogP contribution in [0.2, 0.25) is 0 Å². The van der Waals surface area contributed by atoms with Crippen molar-refractivity contribution in [3.8, 4) is 0 Å². The molecule has 28 heavy (non-hydrogen) atoms. The van der Waals surface area contributed by atoms with Gasteiger partial charge in [0.25, 0.3) is 5.91 Å². The minimum Gasteiger partial charge on any atom is -0.466 e. The van der Waals surface area contributed by atoms with Crippen LogP contribution in [0.3, 0.4) is 0 Å². The van der Waals surface area contributed by atoms with Gasteiger partial charge in [-0.05, 0) is 44.0 Å². The molecule has 0 bridgehead atoms. The van der Waals surface area contributed by atoms with Gasteiger partial charge in [0, 0.05) is 31.7 Å². The third-order valence-corrected chi connectivity index (χ3v) is 7.02. The van der Waals surface area contributed by atoms with Gasteiger partial charge in [-0.3, -0.25) is 9.59 Å². The zero-order chi connectivity index (χ0) is 20.1. The highest BCUT2D eigenvalue weighted by atomic mass is 32.2. The first-order valence-corrected chi connectivity index (χ1v) is 11.0. The molecule has 1 amide bonds. The number of hydrogen-bond acceptors (Lipinski definition) is 6. The Morgan fingerprint density at radius 2 is 1.68 bits per heavy atom. The summed E-state index contributed by atoms with van der Waals surface area (Å²) in [6, 6.07) is 6.05. The Labute approximate surface area is 165 Å². The molecule has 2 saturated heterocycles. The second-order valence-corrected chi connectivity index (χ2v) is 8.80. The standard InChI is InChI=1S/C19H26N2O6S/c1-2-27-19(23)16-7-9-20(10-8-16)18(22)15-3-5-17(6-4-15)28(24,25)21-11-13-26-14-12-21/h3-6,16H,2,7-14H2,1H3. The van der Waals surface area contributed by atoms with E-state index in [4.69, 9.17) is 9.47 Å². The minimum absolute atomic E-state index is 0.155. The number of piperidine rings is 1. The van der Waals surface area contributed by atoms with Crippen molar-refractivity contribution in [2.24, 2.45) is 5.92 Å². The summed E-state index contributed by atoms with van der Waals surface area (Å²) in [6.45, 7) is 4.54. The molecule has 3 rings (SSSR count). The fraction of sp³-hybridized carbons (Fsp3) is 0.579. The summed E-state index contributed by atoms with van der Waals surface area (Å²) in [5.41, 5.74) is 0.440. The number of esters is 1. The molecule has 0 radical (unpaired) electrons. The summed E-state index contributed by atoms with van der Waals surface area (Å²) >= 11 is 0. The number of ether oxygens (including phenoxy) is 2. The number of nitrogens with zero attached hydrogens (tertiary/aromatic N) is 2. The van der Waals surface area contributed by atoms with E-state index in [1.165, 1.54) is 16.4 Å². The van der Waals surface area contributed by atoms with Gasteiger partial charge < -0.3 is 14.4 Å². The lowest BCUT2D eigenvalue weighted by atomic mass is 9.96. The molecule has 0 aliphatic carbocycles. The lowest BCUT2D eigenvalue weighted by Crippen LogP contribution is -2.41. The number of hydrogen-bond donors (Lipinski definition) is 0. The van der Waals surface area contributed by atoms with Crippen molar-refractivity contribution < 1.29 is 27.5 Å². The van der Waals surface area contributed by atoms with Gasteiger partial charge >= 0.3 is 5.97 Å². The molecule has 2 aliphatic heterocycles. The molecule has 1 aromatic carbocycles. The molecule has 2 heterocycles. The van der Waals surface area contributed by atoms with E-state index < -0.39 is 10.0 Å². The van der Waals surface area contributed by atoms with Crippen molar-refractivity contribution in [3.63, 3.8) is 0 Å². The van der Waals surface area contributed by atoms with E-state index in [-0.39, 0.29) is 22.7 Å². The molecule has 2 aliphatic rings. The van der Waals surface area contributed by atoms with E-state index in [0.29, 0.717) is 64.4 Å². The van der Waals surface area contributed by atoms with E-state index in [9.17, 15) is 18.0 Å². The minimum atomic E-state index is -3.57. The van der Waals surface area contributed by atoms with Crippen molar-refractivity contribution in [1.29, 1.82) is 0 Å². The number of carbonyl (C=O) groups excluding carboxylic acids is 2. The molecule has 0 N–H and O–H groups in total. The van der Waals surface area contributed by atoms with Crippen LogP contribution in [0.15, 0.2) is 29.2 Å². The first-order valence-electron chi connectivity index (χ1n) is 9.57. The van der Waals surface area contributed by atoms with Crippen molar-refractivity contribution in [2.75, 3.05) is 46.0 Å². The highest BCUT2D eigenvalue weighted by Gasteiger charge is 2.29. The van der Waals surface area contributed by atoms with Gasteiger partial charge in [-0.1, -0.05) is 0 Å². The van der Waals surface area contributed by atoms with E-state index in [1.807, 2.05) is 0 Å². The zero-order valence-electron chi connectivity index (χ0n) is 16.0. The number of amides is 1. The monoisotopic (exact) mass is 410 g/mol. The molecule has 0 saturated carbocycles. The average Bonchev–Trinajstić information content (AvgIpc) is 2.74. The quantitative estimate of drug-likeness (QED) is 0.676. The van der Waals surface area contributed by atoms with Crippen LogP contribution < -0.4 is 0 Å². The lowest BCUT2D eigenvalue weighted by molar-refractivity contribution is -0.149. The fourth-order valence-corrected chi connectivity index (χ4v) is 4.87. The highest BCUT2D eigenvalue weighted by molar-refractivity contribution is 7.89. The number of rotatable bonds is 5. The second-order valence-electron chi connectivity index (χ2n) is 6.86. The molecule has 1 aromatic rings. The molecule has 0 unspecified atom stereocenters. The number of likely N-dealkylation sites (tertiary alicyclic amines) is 1. The fourth-order valence-electron chi connectivity index (χ4n) is 3.47. The van der Waals surface area contributed by atoms with Gasteiger partial charge in [0.15, 0.2) is 0 Å². The van der Waals surface area contributed by atoms with Crippen LogP contribution in [0, 0.1) is 5.92 Å². The summed E-state index contributed by atoms with van der Waals surface area (Å²) in [7, 11) is -3.57. The molecule has 154 valence electrons. The summed E-state index contributed by atoms with van der Waals surface area (Å²) in [6.07, 6.45) is 1.15. The molecule has 0 spiro atoms. The Balaban J connectivity index is 1.62. The number of sulfonamides is 1.